The molecule has 0 aliphatic carbocycles. The molecule has 0 aliphatic rings. The van der Waals surface area contributed by atoms with Gasteiger partial charge >= 0.3 is 0 Å². The molecule has 0 radical (unpaired) electrons. The minimum atomic E-state index is 1.20. The van der Waals surface area contributed by atoms with Gasteiger partial charge in [0.2, 0.25) is 0 Å². The second-order valence-corrected chi connectivity index (χ2v) is 5.12. The van der Waals surface area contributed by atoms with Crippen molar-refractivity contribution in [2.75, 3.05) is 0 Å². The SMILES string of the molecule is Cc1ccc(CCCCc2ccccc2)c(C)c1. The number of hydrogen-bond donors (Lipinski definition) is 0. The van der Waals surface area contributed by atoms with Gasteiger partial charge in [-0.15, -0.1) is 0 Å². The van der Waals surface area contributed by atoms with E-state index in [-0.39, 0.29) is 0 Å². The van der Waals surface area contributed by atoms with Crippen molar-refractivity contribution >= 4 is 0 Å². The standard InChI is InChI=1S/C18H22/c1-15-12-13-18(16(2)14-15)11-7-6-10-17-8-4-3-5-9-17/h3-5,8-9,12-14H,6-7,10-11H2,1-2H3. The molecule has 0 heterocycles. The van der Waals surface area contributed by atoms with Crippen molar-refractivity contribution in [3.8, 4) is 0 Å². The fraction of sp³-hybridized carbons (Fsp3) is 0.333. The topological polar surface area (TPSA) is 0 Å². The second-order valence-electron chi connectivity index (χ2n) is 5.12. The van der Waals surface area contributed by atoms with Gasteiger partial charge in [-0.2, -0.15) is 0 Å². The maximum atomic E-state index is 2.28. The maximum Gasteiger partial charge on any atom is -0.0276 e. The highest BCUT2D eigenvalue weighted by Gasteiger charge is 1.99. The minimum absolute atomic E-state index is 1.20. The van der Waals surface area contributed by atoms with Crippen LogP contribution in [-0.4, -0.2) is 0 Å². The van der Waals surface area contributed by atoms with E-state index < -0.39 is 0 Å². The fourth-order valence-corrected chi connectivity index (χ4v) is 2.42. The Morgan fingerprint density at radius 3 is 2.22 bits per heavy atom. The molecule has 2 rings (SSSR count). The van der Waals surface area contributed by atoms with E-state index in [0.717, 1.165) is 0 Å². The van der Waals surface area contributed by atoms with Gasteiger partial charge in [0.25, 0.3) is 0 Å². The van der Waals surface area contributed by atoms with Crippen molar-refractivity contribution < 1.29 is 0 Å². The predicted octanol–water partition coefficient (Wildman–Crippen LogP) is 4.87. The number of unbranched alkanes of at least 4 members (excludes halogenated alkanes) is 1. The minimum Gasteiger partial charge on any atom is -0.0622 e. The van der Waals surface area contributed by atoms with E-state index in [1.807, 2.05) is 0 Å². The maximum absolute atomic E-state index is 2.28. The van der Waals surface area contributed by atoms with Crippen LogP contribution in [0.5, 0.6) is 0 Å². The van der Waals surface area contributed by atoms with E-state index in [1.165, 1.54) is 47.9 Å². The summed E-state index contributed by atoms with van der Waals surface area (Å²) in [5, 5.41) is 0. The molecule has 0 saturated heterocycles. The third-order valence-corrected chi connectivity index (χ3v) is 3.50. The summed E-state index contributed by atoms with van der Waals surface area (Å²) in [6.07, 6.45) is 4.96. The lowest BCUT2D eigenvalue weighted by Gasteiger charge is -2.07. The highest BCUT2D eigenvalue weighted by Crippen LogP contribution is 2.14. The zero-order valence-electron chi connectivity index (χ0n) is 11.4. The van der Waals surface area contributed by atoms with Crippen molar-refractivity contribution in [1.29, 1.82) is 0 Å². The summed E-state index contributed by atoms with van der Waals surface area (Å²) in [4.78, 5) is 0. The molecule has 0 aromatic heterocycles. The third-order valence-electron chi connectivity index (χ3n) is 3.50. The van der Waals surface area contributed by atoms with E-state index in [0.29, 0.717) is 0 Å². The third kappa shape index (κ3) is 3.73. The second kappa shape index (κ2) is 6.39. The molecule has 0 heteroatoms. The van der Waals surface area contributed by atoms with Gasteiger partial charge in [-0.25, -0.2) is 0 Å². The zero-order chi connectivity index (χ0) is 12.8. The van der Waals surface area contributed by atoms with Crippen LogP contribution in [0.4, 0.5) is 0 Å². The summed E-state index contributed by atoms with van der Waals surface area (Å²) in [6, 6.07) is 17.6. The molecule has 0 atom stereocenters. The molecule has 94 valence electrons. The molecule has 2 aromatic rings. The molecule has 0 saturated carbocycles. The lowest BCUT2D eigenvalue weighted by Crippen LogP contribution is -1.92. The summed E-state index contributed by atoms with van der Waals surface area (Å²) in [7, 11) is 0. The Bertz CT molecular complexity index is 483. The highest BCUT2D eigenvalue weighted by atomic mass is 14.0. The van der Waals surface area contributed by atoms with Crippen LogP contribution in [-0.2, 0) is 12.8 Å². The Kier molecular flexibility index (Phi) is 4.58. The van der Waals surface area contributed by atoms with Crippen LogP contribution in [0.3, 0.4) is 0 Å². The first-order chi connectivity index (χ1) is 8.75. The Morgan fingerprint density at radius 1 is 0.778 bits per heavy atom. The molecule has 18 heavy (non-hydrogen) atoms. The molecular formula is C18H22. The first-order valence-electron chi connectivity index (χ1n) is 6.86. The quantitative estimate of drug-likeness (QED) is 0.652. The van der Waals surface area contributed by atoms with Crippen molar-refractivity contribution in [3.63, 3.8) is 0 Å². The fourth-order valence-electron chi connectivity index (χ4n) is 2.42. The van der Waals surface area contributed by atoms with E-state index in [2.05, 4.69) is 62.4 Å². The van der Waals surface area contributed by atoms with Crippen molar-refractivity contribution in [3.05, 3.63) is 70.8 Å². The Balaban J connectivity index is 1.79. The average molecular weight is 238 g/mol. The van der Waals surface area contributed by atoms with Crippen LogP contribution in [0.15, 0.2) is 48.5 Å². The summed E-state index contributed by atoms with van der Waals surface area (Å²) in [6.45, 7) is 4.38. The van der Waals surface area contributed by atoms with Crippen molar-refractivity contribution in [1.82, 2.24) is 0 Å². The molecule has 0 aliphatic heterocycles. The molecular weight excluding hydrogens is 216 g/mol. The normalized spacial score (nSPS) is 10.6. The van der Waals surface area contributed by atoms with Crippen molar-refractivity contribution in [2.45, 2.75) is 39.5 Å². The zero-order valence-corrected chi connectivity index (χ0v) is 11.4. The van der Waals surface area contributed by atoms with Gasteiger partial charge in [0, 0.05) is 0 Å². The van der Waals surface area contributed by atoms with Crippen LogP contribution in [0.2, 0.25) is 0 Å². The lowest BCUT2D eigenvalue weighted by molar-refractivity contribution is 0.732. The summed E-state index contributed by atoms with van der Waals surface area (Å²) < 4.78 is 0. The Hall–Kier alpha value is -1.56. The van der Waals surface area contributed by atoms with Crippen LogP contribution in [0, 0.1) is 13.8 Å². The van der Waals surface area contributed by atoms with Crippen LogP contribution < -0.4 is 0 Å². The van der Waals surface area contributed by atoms with Gasteiger partial charge in [0.1, 0.15) is 0 Å². The van der Waals surface area contributed by atoms with Crippen molar-refractivity contribution in [2.24, 2.45) is 0 Å². The number of rotatable bonds is 5. The van der Waals surface area contributed by atoms with E-state index in [4.69, 9.17) is 0 Å². The van der Waals surface area contributed by atoms with Crippen LogP contribution in [0.25, 0.3) is 0 Å². The van der Waals surface area contributed by atoms with Crippen LogP contribution >= 0.6 is 0 Å². The monoisotopic (exact) mass is 238 g/mol. The first-order valence-corrected chi connectivity index (χ1v) is 6.86. The van der Waals surface area contributed by atoms with E-state index in [9.17, 15) is 0 Å². The van der Waals surface area contributed by atoms with Gasteiger partial charge in [-0.1, -0.05) is 54.1 Å². The average Bonchev–Trinajstić information content (AvgIpc) is 2.38. The number of aryl methyl sites for hydroxylation is 4. The smallest absolute Gasteiger partial charge is 0.0276 e. The first kappa shape index (κ1) is 12.9. The summed E-state index contributed by atoms with van der Waals surface area (Å²) in [5.41, 5.74) is 5.77. The van der Waals surface area contributed by atoms with Gasteiger partial charge in [-0.05, 0) is 56.2 Å². The summed E-state index contributed by atoms with van der Waals surface area (Å²) >= 11 is 0. The van der Waals surface area contributed by atoms with E-state index >= 15 is 0 Å². The van der Waals surface area contributed by atoms with E-state index in [1.54, 1.807) is 0 Å². The van der Waals surface area contributed by atoms with Crippen LogP contribution in [0.1, 0.15) is 35.1 Å². The number of benzene rings is 2. The molecule has 0 spiro atoms. The lowest BCUT2D eigenvalue weighted by atomic mass is 9.99. The van der Waals surface area contributed by atoms with Gasteiger partial charge in [-0.3, -0.25) is 0 Å². The Labute approximate surface area is 111 Å². The highest BCUT2D eigenvalue weighted by molar-refractivity contribution is 5.30. The molecule has 0 nitrogen and oxygen atoms in total. The summed E-state index contributed by atoms with van der Waals surface area (Å²) in [5.74, 6) is 0. The molecule has 2 aromatic carbocycles. The molecule has 0 unspecified atom stereocenters. The molecule has 0 bridgehead atoms. The van der Waals surface area contributed by atoms with Gasteiger partial charge in [0.05, 0.1) is 0 Å². The van der Waals surface area contributed by atoms with Gasteiger partial charge in [0.15, 0.2) is 0 Å². The van der Waals surface area contributed by atoms with Gasteiger partial charge < -0.3 is 0 Å². The molecule has 0 amide bonds. The molecule has 0 fully saturated rings. The molecule has 0 N–H and O–H groups in total. The number of hydrogen-bond acceptors (Lipinski definition) is 0. The largest absolute Gasteiger partial charge is 0.0622 e. The Morgan fingerprint density at radius 2 is 1.50 bits per heavy atom. The predicted molar refractivity (Wildman–Crippen MR) is 79.0 cm³/mol.